The Bertz CT molecular complexity index is 154. The quantitative estimate of drug-likeness (QED) is 0.652. The van der Waals surface area contributed by atoms with E-state index < -0.39 is 6.29 Å². The van der Waals surface area contributed by atoms with E-state index in [0.29, 0.717) is 6.61 Å². The van der Waals surface area contributed by atoms with E-state index in [1.54, 1.807) is 0 Å². The lowest BCUT2D eigenvalue weighted by Gasteiger charge is -2.40. The summed E-state index contributed by atoms with van der Waals surface area (Å²) in [4.78, 5) is 0. The number of ether oxygens (including phenoxy) is 2. The molecule has 1 N–H and O–H groups in total. The Morgan fingerprint density at radius 2 is 2.00 bits per heavy atom. The monoisotopic (exact) mass is 174 g/mol. The second kappa shape index (κ2) is 3.32. The van der Waals surface area contributed by atoms with E-state index >= 15 is 0 Å². The Balaban J connectivity index is 2.52. The van der Waals surface area contributed by atoms with Crippen LogP contribution >= 0.6 is 0 Å². The number of rotatable bonds is 1. The average Bonchev–Trinajstić information content (AvgIpc) is 1.94. The third-order valence-corrected chi connectivity index (χ3v) is 2.10. The van der Waals surface area contributed by atoms with Gasteiger partial charge in [0.2, 0.25) is 0 Å². The van der Waals surface area contributed by atoms with Gasteiger partial charge < -0.3 is 14.6 Å². The first-order valence-electron chi connectivity index (χ1n) is 4.38. The summed E-state index contributed by atoms with van der Waals surface area (Å²) >= 11 is 0. The predicted molar refractivity (Wildman–Crippen MR) is 45.5 cm³/mol. The maximum atomic E-state index is 9.55. The summed E-state index contributed by atoms with van der Waals surface area (Å²) in [6.45, 7) is 8.42. The molecule has 72 valence electrons. The molecule has 0 aromatic carbocycles. The number of aliphatic hydroxyl groups excluding tert-OH is 1. The Kier molecular flexibility index (Phi) is 2.76. The molecule has 12 heavy (non-hydrogen) atoms. The molecule has 1 aliphatic rings. The Morgan fingerprint density at radius 1 is 1.42 bits per heavy atom. The first-order valence-corrected chi connectivity index (χ1v) is 4.38. The fraction of sp³-hybridized carbons (Fsp3) is 1.00. The highest BCUT2D eigenvalue weighted by atomic mass is 16.7. The van der Waals surface area contributed by atoms with Crippen LogP contribution in [0.2, 0.25) is 0 Å². The van der Waals surface area contributed by atoms with Gasteiger partial charge in [-0.25, -0.2) is 0 Å². The molecule has 0 spiro atoms. The van der Waals surface area contributed by atoms with Gasteiger partial charge in [-0.2, -0.15) is 0 Å². The van der Waals surface area contributed by atoms with Crippen molar-refractivity contribution in [2.75, 3.05) is 6.61 Å². The van der Waals surface area contributed by atoms with Crippen LogP contribution in [-0.4, -0.2) is 24.3 Å². The lowest BCUT2D eigenvalue weighted by molar-refractivity contribution is -0.329. The summed E-state index contributed by atoms with van der Waals surface area (Å²) in [7, 11) is 0. The zero-order valence-electron chi connectivity index (χ0n) is 8.20. The van der Waals surface area contributed by atoms with Gasteiger partial charge in [-0.1, -0.05) is 27.7 Å². The van der Waals surface area contributed by atoms with E-state index in [-0.39, 0.29) is 17.6 Å². The summed E-state index contributed by atoms with van der Waals surface area (Å²) < 4.78 is 10.7. The van der Waals surface area contributed by atoms with Crippen molar-refractivity contribution in [1.29, 1.82) is 0 Å². The number of aliphatic hydroxyl groups is 1. The van der Waals surface area contributed by atoms with Crippen LogP contribution in [0, 0.1) is 11.3 Å². The smallest absolute Gasteiger partial charge is 0.164 e. The standard InChI is InChI=1S/C9H18O3/c1-6(2)7-11-5-9(3,4)8(10)12-7/h6-8,10H,5H2,1-4H3/t7-,8-/m1/s1. The number of hydrogen-bond donors (Lipinski definition) is 1. The minimum atomic E-state index is -0.710. The minimum Gasteiger partial charge on any atom is -0.367 e. The maximum absolute atomic E-state index is 9.55. The van der Waals surface area contributed by atoms with Gasteiger partial charge in [0, 0.05) is 11.3 Å². The third-order valence-electron chi connectivity index (χ3n) is 2.10. The highest BCUT2D eigenvalue weighted by Crippen LogP contribution is 2.30. The summed E-state index contributed by atoms with van der Waals surface area (Å²) in [6, 6.07) is 0. The second-order valence-corrected chi connectivity index (χ2v) is 4.40. The molecular weight excluding hydrogens is 156 g/mol. The molecule has 0 bridgehead atoms. The minimum absolute atomic E-state index is 0.256. The molecule has 3 nitrogen and oxygen atoms in total. The largest absolute Gasteiger partial charge is 0.367 e. The van der Waals surface area contributed by atoms with E-state index in [1.807, 2.05) is 27.7 Å². The molecule has 0 radical (unpaired) electrons. The lowest BCUT2D eigenvalue weighted by atomic mass is 9.93. The Morgan fingerprint density at radius 3 is 2.42 bits per heavy atom. The fourth-order valence-electron chi connectivity index (χ4n) is 1.07. The van der Waals surface area contributed by atoms with Crippen LogP contribution in [0.15, 0.2) is 0 Å². The number of hydrogen-bond acceptors (Lipinski definition) is 3. The molecule has 0 aliphatic carbocycles. The molecule has 3 heteroatoms. The van der Waals surface area contributed by atoms with Gasteiger partial charge in [-0.3, -0.25) is 0 Å². The van der Waals surface area contributed by atoms with E-state index in [1.165, 1.54) is 0 Å². The van der Waals surface area contributed by atoms with Gasteiger partial charge in [0.05, 0.1) is 6.61 Å². The normalized spacial score (nSPS) is 35.5. The van der Waals surface area contributed by atoms with Crippen molar-refractivity contribution in [1.82, 2.24) is 0 Å². The van der Waals surface area contributed by atoms with Crippen molar-refractivity contribution in [3.05, 3.63) is 0 Å². The lowest BCUT2D eigenvalue weighted by Crippen LogP contribution is -2.47. The summed E-state index contributed by atoms with van der Waals surface area (Å²) in [5.41, 5.74) is -0.286. The van der Waals surface area contributed by atoms with Crippen molar-refractivity contribution in [2.45, 2.75) is 40.3 Å². The van der Waals surface area contributed by atoms with Gasteiger partial charge in [0.25, 0.3) is 0 Å². The Hall–Kier alpha value is -0.120. The molecule has 1 rings (SSSR count). The van der Waals surface area contributed by atoms with Crippen LogP contribution in [0.5, 0.6) is 0 Å². The third kappa shape index (κ3) is 1.97. The van der Waals surface area contributed by atoms with Crippen molar-refractivity contribution in [2.24, 2.45) is 11.3 Å². The van der Waals surface area contributed by atoms with E-state index in [2.05, 4.69) is 0 Å². The van der Waals surface area contributed by atoms with Crippen molar-refractivity contribution >= 4 is 0 Å². The summed E-state index contributed by atoms with van der Waals surface area (Å²) in [6.07, 6.45) is -0.966. The average molecular weight is 174 g/mol. The molecule has 1 saturated heterocycles. The second-order valence-electron chi connectivity index (χ2n) is 4.40. The van der Waals surface area contributed by atoms with Gasteiger partial charge in [0.1, 0.15) is 0 Å². The van der Waals surface area contributed by atoms with Crippen LogP contribution in [0.3, 0.4) is 0 Å². The molecule has 1 fully saturated rings. The fourth-order valence-corrected chi connectivity index (χ4v) is 1.07. The summed E-state index contributed by atoms with van der Waals surface area (Å²) in [5, 5.41) is 9.55. The van der Waals surface area contributed by atoms with Gasteiger partial charge in [-0.05, 0) is 0 Å². The zero-order chi connectivity index (χ0) is 9.35. The van der Waals surface area contributed by atoms with E-state index in [9.17, 15) is 5.11 Å². The first-order chi connectivity index (χ1) is 5.43. The maximum Gasteiger partial charge on any atom is 0.164 e. The molecular formula is C9H18O3. The van der Waals surface area contributed by atoms with Gasteiger partial charge in [0.15, 0.2) is 12.6 Å². The van der Waals surface area contributed by atoms with Gasteiger partial charge in [-0.15, -0.1) is 0 Å². The summed E-state index contributed by atoms with van der Waals surface area (Å²) in [5.74, 6) is 0.288. The van der Waals surface area contributed by atoms with Crippen LogP contribution in [0.1, 0.15) is 27.7 Å². The van der Waals surface area contributed by atoms with Crippen LogP contribution in [0.4, 0.5) is 0 Å². The highest BCUT2D eigenvalue weighted by molar-refractivity contribution is 4.75. The molecule has 0 aromatic heterocycles. The van der Waals surface area contributed by atoms with Crippen LogP contribution < -0.4 is 0 Å². The predicted octanol–water partition coefficient (Wildman–Crippen LogP) is 1.36. The molecule has 2 atom stereocenters. The highest BCUT2D eigenvalue weighted by Gasteiger charge is 2.37. The SMILES string of the molecule is CC(C)[C@@H]1OCC(C)(C)[C@H](O)O1. The van der Waals surface area contributed by atoms with Crippen LogP contribution in [-0.2, 0) is 9.47 Å². The zero-order valence-corrected chi connectivity index (χ0v) is 8.20. The molecule has 0 aromatic rings. The van der Waals surface area contributed by atoms with E-state index in [4.69, 9.17) is 9.47 Å². The molecule has 1 aliphatic heterocycles. The van der Waals surface area contributed by atoms with E-state index in [0.717, 1.165) is 0 Å². The van der Waals surface area contributed by atoms with Gasteiger partial charge >= 0.3 is 0 Å². The van der Waals surface area contributed by atoms with Crippen molar-refractivity contribution in [3.8, 4) is 0 Å². The molecule has 0 unspecified atom stereocenters. The molecule has 0 amide bonds. The molecule has 0 saturated carbocycles. The first kappa shape index (κ1) is 9.96. The topological polar surface area (TPSA) is 38.7 Å². The Labute approximate surface area is 73.7 Å². The van der Waals surface area contributed by atoms with Crippen molar-refractivity contribution < 1.29 is 14.6 Å². The van der Waals surface area contributed by atoms with Crippen molar-refractivity contribution in [3.63, 3.8) is 0 Å². The molecule has 1 heterocycles. The van der Waals surface area contributed by atoms with Crippen LogP contribution in [0.25, 0.3) is 0 Å².